The van der Waals surface area contributed by atoms with Gasteiger partial charge in [0.1, 0.15) is 24.9 Å². The molecule has 0 spiro atoms. The predicted octanol–water partition coefficient (Wildman–Crippen LogP) is 2.03. The Morgan fingerprint density at radius 1 is 1.19 bits per heavy atom. The van der Waals surface area contributed by atoms with Crippen molar-refractivity contribution >= 4 is 11.7 Å². The topological polar surface area (TPSA) is 106 Å². The molecule has 0 saturated carbocycles. The summed E-state index contributed by atoms with van der Waals surface area (Å²) in [4.78, 5) is 22.3. The van der Waals surface area contributed by atoms with Gasteiger partial charge in [-0.15, -0.1) is 0 Å². The van der Waals surface area contributed by atoms with Gasteiger partial charge >= 0.3 is 5.97 Å². The molecule has 1 unspecified atom stereocenters. The molecule has 9 heteroatoms. The molecule has 0 bridgehead atoms. The van der Waals surface area contributed by atoms with Crippen LogP contribution in [-0.2, 0) is 23.7 Å². The number of non-ortho nitro benzene ring substituents is 1. The van der Waals surface area contributed by atoms with Crippen LogP contribution in [0, 0.1) is 10.1 Å². The average Bonchev–Trinajstić information content (AvgIpc) is 3.05. The summed E-state index contributed by atoms with van der Waals surface area (Å²) in [7, 11) is 1.51. The van der Waals surface area contributed by atoms with E-state index in [0.717, 1.165) is 0 Å². The summed E-state index contributed by atoms with van der Waals surface area (Å²) < 4.78 is 28.3. The third kappa shape index (κ3) is 3.43. The maximum atomic E-state index is 12.2. The first-order valence-electron chi connectivity index (χ1n) is 8.15. The molecule has 1 aromatic rings. The third-order valence-electron chi connectivity index (χ3n) is 4.50. The van der Waals surface area contributed by atoms with Gasteiger partial charge in [0.25, 0.3) is 5.69 Å². The van der Waals surface area contributed by atoms with E-state index in [-0.39, 0.29) is 17.9 Å². The molecule has 3 rings (SSSR count). The van der Waals surface area contributed by atoms with E-state index in [1.54, 1.807) is 20.8 Å². The fourth-order valence-corrected chi connectivity index (χ4v) is 3.15. The molecule has 0 amide bonds. The largest absolute Gasteiger partial charge is 0.459 e. The molecule has 0 aliphatic carbocycles. The van der Waals surface area contributed by atoms with Gasteiger partial charge in [-0.25, -0.2) is 4.79 Å². The van der Waals surface area contributed by atoms with Crippen LogP contribution in [-0.4, -0.2) is 54.5 Å². The van der Waals surface area contributed by atoms with Crippen LogP contribution in [0.3, 0.4) is 0 Å². The minimum absolute atomic E-state index is 0.0601. The van der Waals surface area contributed by atoms with Gasteiger partial charge in [0.2, 0.25) is 0 Å². The van der Waals surface area contributed by atoms with Crippen LogP contribution in [0.1, 0.15) is 31.1 Å². The van der Waals surface area contributed by atoms with Crippen LogP contribution < -0.4 is 0 Å². The highest BCUT2D eigenvalue weighted by atomic mass is 16.8. The zero-order valence-corrected chi connectivity index (χ0v) is 15.0. The van der Waals surface area contributed by atoms with Crippen molar-refractivity contribution < 1.29 is 33.4 Å². The fourth-order valence-electron chi connectivity index (χ4n) is 3.15. The number of methoxy groups -OCH3 is 1. The first-order chi connectivity index (χ1) is 12.1. The van der Waals surface area contributed by atoms with Gasteiger partial charge < -0.3 is 23.7 Å². The van der Waals surface area contributed by atoms with E-state index in [0.29, 0.717) is 0 Å². The van der Waals surface area contributed by atoms with Gasteiger partial charge in [-0.3, -0.25) is 10.1 Å². The molecule has 4 atom stereocenters. The molecule has 0 radical (unpaired) electrons. The number of ether oxygens (including phenoxy) is 5. The van der Waals surface area contributed by atoms with Crippen molar-refractivity contribution in [2.75, 3.05) is 13.7 Å². The lowest BCUT2D eigenvalue weighted by Gasteiger charge is -2.30. The van der Waals surface area contributed by atoms with Crippen molar-refractivity contribution in [3.05, 3.63) is 39.9 Å². The minimum Gasteiger partial charge on any atom is -0.459 e. The van der Waals surface area contributed by atoms with E-state index >= 15 is 0 Å². The van der Waals surface area contributed by atoms with Crippen molar-refractivity contribution in [1.82, 2.24) is 0 Å². The van der Waals surface area contributed by atoms with Crippen molar-refractivity contribution in [3.63, 3.8) is 0 Å². The van der Waals surface area contributed by atoms with Crippen LogP contribution in [0.5, 0.6) is 0 Å². The third-order valence-corrected chi connectivity index (χ3v) is 4.50. The quantitative estimate of drug-likeness (QED) is 0.442. The van der Waals surface area contributed by atoms with Gasteiger partial charge in [-0.1, -0.05) is 0 Å². The highest BCUT2D eigenvalue weighted by Crippen LogP contribution is 2.44. The van der Waals surface area contributed by atoms with Crippen LogP contribution in [0.2, 0.25) is 0 Å². The molecule has 2 fully saturated rings. The summed E-state index contributed by atoms with van der Waals surface area (Å²) in [5, 5.41) is 10.7. The Balaban J connectivity index is 1.65. The molecule has 2 heterocycles. The second kappa shape index (κ2) is 6.58. The molecule has 0 aromatic heterocycles. The molecule has 0 N–H and O–H groups in total. The lowest BCUT2D eigenvalue weighted by Crippen LogP contribution is -2.42. The predicted molar refractivity (Wildman–Crippen MR) is 87.5 cm³/mol. The normalized spacial score (nSPS) is 32.2. The maximum absolute atomic E-state index is 12.2. The van der Waals surface area contributed by atoms with Gasteiger partial charge in [0.15, 0.2) is 11.6 Å². The molecular formula is C17H21NO8. The smallest absolute Gasteiger partial charge is 0.338 e. The van der Waals surface area contributed by atoms with Gasteiger partial charge in [0, 0.05) is 19.2 Å². The number of hydrogen-bond donors (Lipinski definition) is 0. The van der Waals surface area contributed by atoms with E-state index in [1.165, 1.54) is 31.4 Å². The van der Waals surface area contributed by atoms with Crippen LogP contribution in [0.4, 0.5) is 5.69 Å². The van der Waals surface area contributed by atoms with E-state index in [1.807, 2.05) is 0 Å². The number of benzene rings is 1. The van der Waals surface area contributed by atoms with Crippen molar-refractivity contribution in [2.45, 2.75) is 50.7 Å². The first-order valence-corrected chi connectivity index (χ1v) is 8.15. The second-order valence-corrected chi connectivity index (χ2v) is 6.80. The average molecular weight is 367 g/mol. The zero-order chi connectivity index (χ0) is 19.1. The second-order valence-electron chi connectivity index (χ2n) is 6.80. The summed E-state index contributed by atoms with van der Waals surface area (Å²) >= 11 is 0. The number of nitrogens with zero attached hydrogens (tertiary/aromatic N) is 1. The zero-order valence-electron chi connectivity index (χ0n) is 15.0. The van der Waals surface area contributed by atoms with Gasteiger partial charge in [-0.2, -0.15) is 0 Å². The Morgan fingerprint density at radius 3 is 2.42 bits per heavy atom. The van der Waals surface area contributed by atoms with Crippen molar-refractivity contribution in [3.8, 4) is 0 Å². The molecule has 2 saturated heterocycles. The van der Waals surface area contributed by atoms with Gasteiger partial charge in [-0.05, 0) is 32.9 Å². The highest BCUT2D eigenvalue weighted by Gasteiger charge is 2.61. The van der Waals surface area contributed by atoms with E-state index < -0.39 is 40.8 Å². The van der Waals surface area contributed by atoms with E-state index in [4.69, 9.17) is 23.7 Å². The Bertz CT molecular complexity index is 703. The lowest BCUT2D eigenvalue weighted by atomic mass is 10.1. The summed E-state index contributed by atoms with van der Waals surface area (Å²) in [6.45, 7) is 5.27. The van der Waals surface area contributed by atoms with E-state index in [2.05, 4.69) is 0 Å². The summed E-state index contributed by atoms with van der Waals surface area (Å²) in [6, 6.07) is 5.18. The highest BCUT2D eigenvalue weighted by molar-refractivity contribution is 5.89. The van der Waals surface area contributed by atoms with E-state index in [9.17, 15) is 14.9 Å². The number of esters is 1. The summed E-state index contributed by atoms with van der Waals surface area (Å²) in [6.07, 6.45) is -1.46. The maximum Gasteiger partial charge on any atom is 0.338 e. The summed E-state index contributed by atoms with van der Waals surface area (Å²) in [5.41, 5.74) is 0.113. The number of fused-ring (bicyclic) bond motifs is 1. The van der Waals surface area contributed by atoms with Crippen LogP contribution in [0.25, 0.3) is 0 Å². The number of carbonyl (C=O) groups excluding carboxylic acids is 1. The number of carbonyl (C=O) groups is 1. The molecule has 142 valence electrons. The molecular weight excluding hydrogens is 346 g/mol. The number of nitro benzene ring substituents is 1. The molecule has 1 aromatic carbocycles. The Kier molecular flexibility index (Phi) is 4.74. The lowest BCUT2D eigenvalue weighted by molar-refractivity contribution is -0.384. The molecule has 26 heavy (non-hydrogen) atoms. The Labute approximate surface area is 150 Å². The van der Waals surface area contributed by atoms with Crippen molar-refractivity contribution in [1.29, 1.82) is 0 Å². The Morgan fingerprint density at radius 2 is 1.85 bits per heavy atom. The number of hydrogen-bond acceptors (Lipinski definition) is 8. The van der Waals surface area contributed by atoms with Gasteiger partial charge in [0.05, 0.1) is 10.5 Å². The van der Waals surface area contributed by atoms with Crippen LogP contribution in [0.15, 0.2) is 24.3 Å². The first kappa shape index (κ1) is 18.7. The number of rotatable bonds is 5. The molecule has 9 nitrogen and oxygen atoms in total. The number of nitro groups is 1. The SMILES string of the molecule is COC1(C)O[C@H](COC(=O)c2ccc([N+](=O)[O-])cc2)[C@H]2OC(C)(C)O[C@H]21. The molecule has 2 aliphatic rings. The monoisotopic (exact) mass is 367 g/mol. The minimum atomic E-state index is -1.01. The Hall–Kier alpha value is -2.07. The standard InChI is InChI=1S/C17H21NO8/c1-16(2)25-13-12(24-17(3,22-4)14(13)26-16)9-23-15(19)10-5-7-11(8-6-10)18(20)21/h5-8,12-14H,9H2,1-4H3/t12-,13-,14-,17?/m1/s1. The molecule has 2 aliphatic heterocycles. The fraction of sp³-hybridized carbons (Fsp3) is 0.588. The summed E-state index contributed by atoms with van der Waals surface area (Å²) in [5.74, 6) is -2.41. The van der Waals surface area contributed by atoms with Crippen molar-refractivity contribution in [2.24, 2.45) is 0 Å². The van der Waals surface area contributed by atoms with Crippen LogP contribution >= 0.6 is 0 Å².